The highest BCUT2D eigenvalue weighted by molar-refractivity contribution is 6.12. The van der Waals surface area contributed by atoms with Crippen LogP contribution in [0.25, 0.3) is 5.57 Å². The van der Waals surface area contributed by atoms with E-state index in [0.717, 1.165) is 22.4 Å². The number of cyclic esters (lactones) is 2. The Bertz CT molecular complexity index is 742. The summed E-state index contributed by atoms with van der Waals surface area (Å²) < 4.78 is 9.84. The summed E-state index contributed by atoms with van der Waals surface area (Å²) >= 11 is 0. The van der Waals surface area contributed by atoms with Crippen molar-refractivity contribution < 1.29 is 19.1 Å². The van der Waals surface area contributed by atoms with Crippen LogP contribution < -0.4 is 4.74 Å². The Morgan fingerprint density at radius 3 is 2.14 bits per heavy atom. The third-order valence-electron chi connectivity index (χ3n) is 3.52. The van der Waals surface area contributed by atoms with E-state index in [1.165, 1.54) is 0 Å². The van der Waals surface area contributed by atoms with Crippen LogP contribution in [0, 0.1) is 0 Å². The number of hydrogen-bond acceptors (Lipinski definition) is 4. The lowest BCUT2D eigenvalue weighted by molar-refractivity contribution is -0.151. The number of benzene rings is 2. The molecule has 0 spiro atoms. The summed E-state index contributed by atoms with van der Waals surface area (Å²) in [5.41, 5.74) is 2.82. The third-order valence-corrected chi connectivity index (χ3v) is 3.52. The maximum atomic E-state index is 12.0. The van der Waals surface area contributed by atoms with Crippen LogP contribution in [0.15, 0.2) is 60.2 Å². The smallest absolute Gasteiger partial charge is 0.342 e. The molecule has 0 radical (unpaired) electrons. The summed E-state index contributed by atoms with van der Waals surface area (Å²) in [4.78, 5) is 23.4. The molecule has 1 saturated heterocycles. The average molecular weight is 294 g/mol. The average Bonchev–Trinajstić information content (AvgIpc) is 2.88. The van der Waals surface area contributed by atoms with Crippen LogP contribution in [0.4, 0.5) is 0 Å². The van der Waals surface area contributed by atoms with Gasteiger partial charge in [0.05, 0.1) is 19.1 Å². The van der Waals surface area contributed by atoms with Crippen molar-refractivity contribution in [2.45, 2.75) is 6.42 Å². The molecular weight excluding hydrogens is 280 g/mol. The van der Waals surface area contributed by atoms with Gasteiger partial charge in [-0.25, -0.2) is 4.79 Å². The van der Waals surface area contributed by atoms with Crippen LogP contribution in [0.1, 0.15) is 17.5 Å². The lowest BCUT2D eigenvalue weighted by Gasteiger charge is -2.11. The van der Waals surface area contributed by atoms with Crippen LogP contribution in [-0.2, 0) is 14.3 Å². The van der Waals surface area contributed by atoms with E-state index in [2.05, 4.69) is 4.74 Å². The number of carbonyl (C=O) groups is 2. The zero-order valence-corrected chi connectivity index (χ0v) is 12.0. The summed E-state index contributed by atoms with van der Waals surface area (Å²) in [6.45, 7) is 0. The summed E-state index contributed by atoms with van der Waals surface area (Å²) in [6.07, 6.45) is -0.00487. The Morgan fingerprint density at radius 2 is 1.59 bits per heavy atom. The molecule has 2 aromatic rings. The molecule has 1 heterocycles. The number of hydrogen-bond donors (Lipinski definition) is 0. The Kier molecular flexibility index (Phi) is 3.74. The molecule has 0 bridgehead atoms. The highest BCUT2D eigenvalue weighted by Crippen LogP contribution is 2.32. The molecule has 1 aliphatic rings. The fourth-order valence-corrected chi connectivity index (χ4v) is 2.49. The van der Waals surface area contributed by atoms with Crippen LogP contribution >= 0.6 is 0 Å². The van der Waals surface area contributed by atoms with E-state index in [1.807, 2.05) is 54.6 Å². The van der Waals surface area contributed by atoms with Gasteiger partial charge in [0.1, 0.15) is 5.75 Å². The maximum absolute atomic E-state index is 12.0. The molecule has 0 N–H and O–H groups in total. The fourth-order valence-electron chi connectivity index (χ4n) is 2.49. The molecule has 0 unspecified atom stereocenters. The lowest BCUT2D eigenvalue weighted by atomic mass is 9.92. The predicted octanol–water partition coefficient (Wildman–Crippen LogP) is 2.97. The molecule has 1 aliphatic heterocycles. The first-order valence-electron chi connectivity index (χ1n) is 6.87. The zero-order valence-electron chi connectivity index (χ0n) is 12.0. The van der Waals surface area contributed by atoms with Crippen molar-refractivity contribution in [3.05, 3.63) is 71.3 Å². The number of methoxy groups -OCH3 is 1. The molecule has 0 aliphatic carbocycles. The van der Waals surface area contributed by atoms with E-state index < -0.39 is 11.9 Å². The van der Waals surface area contributed by atoms with Gasteiger partial charge in [-0.15, -0.1) is 0 Å². The molecule has 2 aromatic carbocycles. The standard InChI is InChI=1S/C18H14O4/c1-21-14-9-7-13(8-10-14)17(12-5-3-2-4-6-12)15-11-16(19)22-18(15)20/h2-10H,11H2,1H3. The molecular formula is C18H14O4. The van der Waals surface area contributed by atoms with Gasteiger partial charge in [-0.2, -0.15) is 0 Å². The Hall–Kier alpha value is -2.88. The summed E-state index contributed by atoms with van der Waals surface area (Å²) in [5.74, 6) is -0.354. The second-order valence-corrected chi connectivity index (χ2v) is 4.89. The van der Waals surface area contributed by atoms with Crippen molar-refractivity contribution in [2.24, 2.45) is 0 Å². The van der Waals surface area contributed by atoms with E-state index in [0.29, 0.717) is 5.57 Å². The van der Waals surface area contributed by atoms with Gasteiger partial charge in [0, 0.05) is 0 Å². The molecule has 0 saturated carbocycles. The molecule has 4 nitrogen and oxygen atoms in total. The molecule has 0 aromatic heterocycles. The van der Waals surface area contributed by atoms with Crippen molar-refractivity contribution in [3.63, 3.8) is 0 Å². The first kappa shape index (κ1) is 14.1. The van der Waals surface area contributed by atoms with E-state index in [4.69, 9.17) is 4.74 Å². The number of esters is 2. The van der Waals surface area contributed by atoms with Crippen LogP contribution in [-0.4, -0.2) is 19.0 Å². The van der Waals surface area contributed by atoms with E-state index in [1.54, 1.807) is 7.11 Å². The van der Waals surface area contributed by atoms with E-state index in [-0.39, 0.29) is 6.42 Å². The van der Waals surface area contributed by atoms with Gasteiger partial charge in [0.15, 0.2) is 0 Å². The monoisotopic (exact) mass is 294 g/mol. The van der Waals surface area contributed by atoms with Crippen molar-refractivity contribution in [1.82, 2.24) is 0 Å². The maximum Gasteiger partial charge on any atom is 0.342 e. The second-order valence-electron chi connectivity index (χ2n) is 4.89. The molecule has 22 heavy (non-hydrogen) atoms. The first-order chi connectivity index (χ1) is 10.7. The predicted molar refractivity (Wildman–Crippen MR) is 81.2 cm³/mol. The zero-order chi connectivity index (χ0) is 15.5. The van der Waals surface area contributed by atoms with Gasteiger partial charge in [-0.05, 0) is 28.8 Å². The number of rotatable bonds is 3. The summed E-state index contributed by atoms with van der Waals surface area (Å²) in [5, 5.41) is 0. The molecule has 110 valence electrons. The fraction of sp³-hybridized carbons (Fsp3) is 0.111. The van der Waals surface area contributed by atoms with Gasteiger partial charge in [-0.1, -0.05) is 42.5 Å². The topological polar surface area (TPSA) is 52.6 Å². The second kappa shape index (κ2) is 5.85. The van der Waals surface area contributed by atoms with Crippen LogP contribution in [0.2, 0.25) is 0 Å². The van der Waals surface area contributed by atoms with E-state index in [9.17, 15) is 9.59 Å². The number of carbonyl (C=O) groups excluding carboxylic acids is 2. The van der Waals surface area contributed by atoms with Crippen molar-refractivity contribution >= 4 is 17.5 Å². The quantitative estimate of drug-likeness (QED) is 0.496. The summed E-state index contributed by atoms with van der Waals surface area (Å²) in [6, 6.07) is 16.9. The van der Waals surface area contributed by atoms with E-state index >= 15 is 0 Å². The highest BCUT2D eigenvalue weighted by Gasteiger charge is 2.31. The van der Waals surface area contributed by atoms with Gasteiger partial charge >= 0.3 is 11.9 Å². The van der Waals surface area contributed by atoms with Crippen LogP contribution in [0.5, 0.6) is 5.75 Å². The summed E-state index contributed by atoms with van der Waals surface area (Å²) in [7, 11) is 1.60. The number of ether oxygens (including phenoxy) is 2. The first-order valence-corrected chi connectivity index (χ1v) is 6.87. The van der Waals surface area contributed by atoms with Crippen LogP contribution in [0.3, 0.4) is 0 Å². The van der Waals surface area contributed by atoms with Gasteiger partial charge < -0.3 is 9.47 Å². The minimum absolute atomic E-state index is 0.00487. The minimum atomic E-state index is -0.570. The Morgan fingerprint density at radius 1 is 0.955 bits per heavy atom. The molecule has 0 amide bonds. The van der Waals surface area contributed by atoms with Gasteiger partial charge in [-0.3, -0.25) is 4.79 Å². The van der Waals surface area contributed by atoms with Crippen molar-refractivity contribution in [3.8, 4) is 5.75 Å². The highest BCUT2D eigenvalue weighted by atomic mass is 16.6. The Labute approximate surface area is 128 Å². The van der Waals surface area contributed by atoms with Crippen molar-refractivity contribution in [2.75, 3.05) is 7.11 Å². The Balaban J connectivity index is 2.17. The molecule has 1 fully saturated rings. The largest absolute Gasteiger partial charge is 0.497 e. The molecule has 0 atom stereocenters. The molecule has 4 heteroatoms. The lowest BCUT2D eigenvalue weighted by Crippen LogP contribution is -2.01. The minimum Gasteiger partial charge on any atom is -0.497 e. The SMILES string of the molecule is COc1ccc(C(=C2CC(=O)OC2=O)c2ccccc2)cc1. The van der Waals surface area contributed by atoms with Crippen molar-refractivity contribution in [1.29, 1.82) is 0 Å². The van der Waals surface area contributed by atoms with Gasteiger partial charge in [0.25, 0.3) is 0 Å². The van der Waals surface area contributed by atoms with Gasteiger partial charge in [0.2, 0.25) is 0 Å². The molecule has 3 rings (SSSR count). The third kappa shape index (κ3) is 2.63. The normalized spacial score (nSPS) is 16.4.